The number of fused-ring (bicyclic) bond motifs is 1. The fourth-order valence-corrected chi connectivity index (χ4v) is 3.08. The van der Waals surface area contributed by atoms with Crippen LogP contribution in [0.2, 0.25) is 0 Å². The van der Waals surface area contributed by atoms with Crippen LogP contribution in [0.5, 0.6) is 5.75 Å². The van der Waals surface area contributed by atoms with Crippen LogP contribution in [-0.4, -0.2) is 46.2 Å². The minimum absolute atomic E-state index is 0.231. The standard InChI is InChI=1S/C23H20N4O3/c1-27(13-14-30-18-10-8-16(9-11-18)23(28)29)22-19-6-2-3-7-20(19)25-21(26-22)17-5-4-12-24-15-17/h2-12,15H,13-14H2,1H3,(H,28,29). The lowest BCUT2D eigenvalue weighted by Crippen LogP contribution is -2.25. The summed E-state index contributed by atoms with van der Waals surface area (Å²) in [4.78, 5) is 26.6. The molecule has 30 heavy (non-hydrogen) atoms. The van der Waals surface area contributed by atoms with E-state index in [-0.39, 0.29) is 5.56 Å². The second-order valence-electron chi connectivity index (χ2n) is 6.73. The van der Waals surface area contributed by atoms with E-state index < -0.39 is 5.97 Å². The summed E-state index contributed by atoms with van der Waals surface area (Å²) in [6.45, 7) is 1.01. The average Bonchev–Trinajstić information content (AvgIpc) is 2.79. The van der Waals surface area contributed by atoms with E-state index in [4.69, 9.17) is 14.8 Å². The number of pyridine rings is 1. The van der Waals surface area contributed by atoms with Gasteiger partial charge in [0, 0.05) is 30.4 Å². The van der Waals surface area contributed by atoms with Crippen molar-refractivity contribution in [1.82, 2.24) is 15.0 Å². The summed E-state index contributed by atoms with van der Waals surface area (Å²) in [5.74, 6) is 1.09. The molecule has 7 heteroatoms. The highest BCUT2D eigenvalue weighted by atomic mass is 16.5. The third-order valence-electron chi connectivity index (χ3n) is 4.66. The number of hydrogen-bond acceptors (Lipinski definition) is 6. The molecule has 0 aliphatic rings. The number of carbonyl (C=O) groups is 1. The quantitative estimate of drug-likeness (QED) is 0.503. The molecule has 0 amide bonds. The van der Waals surface area contributed by atoms with Gasteiger partial charge >= 0.3 is 5.97 Å². The van der Waals surface area contributed by atoms with Gasteiger partial charge in [-0.3, -0.25) is 4.98 Å². The van der Waals surface area contributed by atoms with Gasteiger partial charge in [-0.05, 0) is 48.5 Å². The van der Waals surface area contributed by atoms with Crippen LogP contribution in [0.1, 0.15) is 10.4 Å². The molecular formula is C23H20N4O3. The van der Waals surface area contributed by atoms with Gasteiger partial charge in [0.05, 0.1) is 17.6 Å². The van der Waals surface area contributed by atoms with Gasteiger partial charge < -0.3 is 14.7 Å². The Kier molecular flexibility index (Phi) is 5.52. The number of anilines is 1. The number of para-hydroxylation sites is 1. The van der Waals surface area contributed by atoms with E-state index in [1.54, 1.807) is 24.5 Å². The normalized spacial score (nSPS) is 10.7. The molecule has 0 aliphatic carbocycles. The molecule has 4 rings (SSSR count). The Labute approximate surface area is 173 Å². The van der Waals surface area contributed by atoms with E-state index in [1.807, 2.05) is 48.3 Å². The van der Waals surface area contributed by atoms with Gasteiger partial charge in [-0.25, -0.2) is 14.8 Å². The molecule has 150 valence electrons. The molecule has 4 aromatic rings. The Bertz CT molecular complexity index is 1160. The van der Waals surface area contributed by atoms with E-state index in [9.17, 15) is 4.79 Å². The van der Waals surface area contributed by atoms with Crippen molar-refractivity contribution in [1.29, 1.82) is 0 Å². The zero-order valence-electron chi connectivity index (χ0n) is 16.4. The molecule has 1 N–H and O–H groups in total. The molecule has 0 saturated heterocycles. The first kappa shape index (κ1) is 19.3. The number of likely N-dealkylation sites (N-methyl/N-ethyl adjacent to an activating group) is 1. The van der Waals surface area contributed by atoms with Crippen LogP contribution in [0.15, 0.2) is 73.1 Å². The first-order chi connectivity index (χ1) is 14.6. The lowest BCUT2D eigenvalue weighted by atomic mass is 10.2. The number of aromatic nitrogens is 3. The molecule has 2 aromatic heterocycles. The zero-order valence-corrected chi connectivity index (χ0v) is 16.4. The molecule has 0 fully saturated rings. The van der Waals surface area contributed by atoms with Crippen molar-refractivity contribution in [3.05, 3.63) is 78.6 Å². The highest BCUT2D eigenvalue weighted by Gasteiger charge is 2.13. The fraction of sp³-hybridized carbons (Fsp3) is 0.130. The maximum Gasteiger partial charge on any atom is 0.335 e. The van der Waals surface area contributed by atoms with E-state index >= 15 is 0 Å². The minimum Gasteiger partial charge on any atom is -0.492 e. The van der Waals surface area contributed by atoms with E-state index in [1.165, 1.54) is 12.1 Å². The van der Waals surface area contributed by atoms with Crippen LogP contribution in [-0.2, 0) is 0 Å². The van der Waals surface area contributed by atoms with Crippen LogP contribution in [0.3, 0.4) is 0 Å². The van der Waals surface area contributed by atoms with Crippen molar-refractivity contribution in [3.63, 3.8) is 0 Å². The number of carboxylic acids is 1. The topological polar surface area (TPSA) is 88.4 Å². The Hall–Kier alpha value is -4.00. The molecule has 2 heterocycles. The van der Waals surface area contributed by atoms with Gasteiger partial charge in [0.25, 0.3) is 0 Å². The summed E-state index contributed by atoms with van der Waals surface area (Å²) >= 11 is 0. The van der Waals surface area contributed by atoms with Crippen LogP contribution in [0.4, 0.5) is 5.82 Å². The maximum absolute atomic E-state index is 10.9. The van der Waals surface area contributed by atoms with Crippen LogP contribution in [0.25, 0.3) is 22.3 Å². The van der Waals surface area contributed by atoms with Crippen LogP contribution in [0, 0.1) is 0 Å². The Morgan fingerprint density at radius 1 is 1.03 bits per heavy atom. The summed E-state index contributed by atoms with van der Waals surface area (Å²) in [6, 6.07) is 18.1. The van der Waals surface area contributed by atoms with E-state index in [2.05, 4.69) is 9.97 Å². The maximum atomic E-state index is 10.9. The molecule has 0 unspecified atom stereocenters. The molecule has 0 saturated carbocycles. The Balaban J connectivity index is 1.53. The predicted octanol–water partition coefficient (Wildman–Crippen LogP) is 3.91. The van der Waals surface area contributed by atoms with Crippen molar-refractivity contribution in [2.45, 2.75) is 0 Å². The van der Waals surface area contributed by atoms with E-state index in [0.717, 1.165) is 22.3 Å². The molecule has 0 radical (unpaired) electrons. The largest absolute Gasteiger partial charge is 0.492 e. The van der Waals surface area contributed by atoms with Gasteiger partial charge in [-0.15, -0.1) is 0 Å². The molecule has 0 atom stereocenters. The first-order valence-electron chi connectivity index (χ1n) is 9.46. The Morgan fingerprint density at radius 3 is 2.57 bits per heavy atom. The smallest absolute Gasteiger partial charge is 0.335 e. The summed E-state index contributed by atoms with van der Waals surface area (Å²) in [5.41, 5.74) is 1.95. The SMILES string of the molecule is CN(CCOc1ccc(C(=O)O)cc1)c1nc(-c2cccnc2)nc2ccccc12. The number of rotatable bonds is 7. The van der Waals surface area contributed by atoms with Crippen LogP contribution >= 0.6 is 0 Å². The van der Waals surface area contributed by atoms with Crippen LogP contribution < -0.4 is 9.64 Å². The van der Waals surface area contributed by atoms with Crippen molar-refractivity contribution < 1.29 is 14.6 Å². The molecule has 0 spiro atoms. The average molecular weight is 400 g/mol. The number of carboxylic acid groups (broad SMARTS) is 1. The predicted molar refractivity (Wildman–Crippen MR) is 115 cm³/mol. The monoisotopic (exact) mass is 400 g/mol. The molecule has 0 bridgehead atoms. The van der Waals surface area contributed by atoms with Gasteiger partial charge in [0.15, 0.2) is 5.82 Å². The van der Waals surface area contributed by atoms with E-state index in [0.29, 0.717) is 24.7 Å². The number of hydrogen-bond donors (Lipinski definition) is 1. The summed E-state index contributed by atoms with van der Waals surface area (Å²) in [6.07, 6.45) is 3.47. The van der Waals surface area contributed by atoms with Gasteiger partial charge in [-0.1, -0.05) is 12.1 Å². The van der Waals surface area contributed by atoms with Crippen molar-refractivity contribution in [2.24, 2.45) is 0 Å². The fourth-order valence-electron chi connectivity index (χ4n) is 3.08. The lowest BCUT2D eigenvalue weighted by molar-refractivity contribution is 0.0697. The number of aromatic carboxylic acids is 1. The zero-order chi connectivity index (χ0) is 20.9. The third kappa shape index (κ3) is 4.20. The molecule has 0 aliphatic heterocycles. The highest BCUT2D eigenvalue weighted by Crippen LogP contribution is 2.26. The number of ether oxygens (including phenoxy) is 1. The molecule has 7 nitrogen and oxygen atoms in total. The summed E-state index contributed by atoms with van der Waals surface area (Å²) < 4.78 is 5.77. The Morgan fingerprint density at radius 2 is 1.83 bits per heavy atom. The van der Waals surface area contributed by atoms with Gasteiger partial charge in [0.1, 0.15) is 18.2 Å². The van der Waals surface area contributed by atoms with Crippen molar-refractivity contribution in [3.8, 4) is 17.1 Å². The van der Waals surface area contributed by atoms with Crippen molar-refractivity contribution in [2.75, 3.05) is 25.1 Å². The number of nitrogens with zero attached hydrogens (tertiary/aromatic N) is 4. The van der Waals surface area contributed by atoms with Crippen molar-refractivity contribution >= 4 is 22.7 Å². The summed E-state index contributed by atoms with van der Waals surface area (Å²) in [7, 11) is 1.96. The lowest BCUT2D eigenvalue weighted by Gasteiger charge is -2.21. The molecular weight excluding hydrogens is 380 g/mol. The van der Waals surface area contributed by atoms with Gasteiger partial charge in [0.2, 0.25) is 0 Å². The third-order valence-corrected chi connectivity index (χ3v) is 4.66. The summed E-state index contributed by atoms with van der Waals surface area (Å²) in [5, 5.41) is 9.94. The first-order valence-corrected chi connectivity index (χ1v) is 9.46. The number of benzene rings is 2. The molecule has 2 aromatic carbocycles. The second-order valence-corrected chi connectivity index (χ2v) is 6.73. The minimum atomic E-state index is -0.957. The second kappa shape index (κ2) is 8.57. The van der Waals surface area contributed by atoms with Gasteiger partial charge in [-0.2, -0.15) is 0 Å². The highest BCUT2D eigenvalue weighted by molar-refractivity contribution is 5.91.